The van der Waals surface area contributed by atoms with Crippen molar-refractivity contribution in [2.45, 2.75) is 11.3 Å². The SMILES string of the molecule is CN(C)c1cccc(S(=O)(=O)NCCc2cnoc2)c1. The fraction of sp³-hybridized carbons (Fsp3) is 0.308. The molecule has 1 N–H and O–H groups in total. The second-order valence-corrected chi connectivity index (χ2v) is 6.34. The molecule has 0 unspecified atom stereocenters. The summed E-state index contributed by atoms with van der Waals surface area (Å²) in [5.41, 5.74) is 1.70. The second-order valence-electron chi connectivity index (χ2n) is 4.57. The highest BCUT2D eigenvalue weighted by Crippen LogP contribution is 2.17. The molecule has 1 aromatic heterocycles. The molecule has 2 rings (SSSR count). The summed E-state index contributed by atoms with van der Waals surface area (Å²) in [4.78, 5) is 2.12. The van der Waals surface area contributed by atoms with Gasteiger partial charge in [-0.25, -0.2) is 13.1 Å². The van der Waals surface area contributed by atoms with Gasteiger partial charge in [-0.15, -0.1) is 0 Å². The summed E-state index contributed by atoms with van der Waals surface area (Å²) in [5, 5.41) is 3.57. The predicted octanol–water partition coefficient (Wildman–Crippen LogP) is 1.26. The molecule has 7 heteroatoms. The summed E-state index contributed by atoms with van der Waals surface area (Å²) >= 11 is 0. The Labute approximate surface area is 118 Å². The first-order valence-corrected chi connectivity index (χ1v) is 7.63. The third kappa shape index (κ3) is 3.58. The van der Waals surface area contributed by atoms with Crippen LogP contribution in [0.1, 0.15) is 5.56 Å². The van der Waals surface area contributed by atoms with E-state index in [1.165, 1.54) is 6.26 Å². The average molecular weight is 295 g/mol. The van der Waals surface area contributed by atoms with Crippen molar-refractivity contribution < 1.29 is 12.9 Å². The van der Waals surface area contributed by atoms with Crippen molar-refractivity contribution in [2.75, 3.05) is 25.5 Å². The van der Waals surface area contributed by atoms with E-state index in [1.807, 2.05) is 25.1 Å². The Morgan fingerprint density at radius 2 is 2.15 bits per heavy atom. The fourth-order valence-corrected chi connectivity index (χ4v) is 2.76. The summed E-state index contributed by atoms with van der Waals surface area (Å²) in [6.07, 6.45) is 3.61. The molecule has 0 aliphatic rings. The van der Waals surface area contributed by atoms with Gasteiger partial charge in [-0.1, -0.05) is 11.2 Å². The van der Waals surface area contributed by atoms with Crippen LogP contribution < -0.4 is 9.62 Å². The zero-order valence-corrected chi connectivity index (χ0v) is 12.2. The van der Waals surface area contributed by atoms with Crippen molar-refractivity contribution in [3.63, 3.8) is 0 Å². The van der Waals surface area contributed by atoms with Crippen LogP contribution in [-0.2, 0) is 16.4 Å². The fourth-order valence-electron chi connectivity index (χ4n) is 1.69. The third-order valence-electron chi connectivity index (χ3n) is 2.83. The number of sulfonamides is 1. The van der Waals surface area contributed by atoms with Gasteiger partial charge in [0.15, 0.2) is 0 Å². The van der Waals surface area contributed by atoms with Crippen LogP contribution in [0, 0.1) is 0 Å². The van der Waals surface area contributed by atoms with Crippen molar-refractivity contribution in [2.24, 2.45) is 0 Å². The highest BCUT2D eigenvalue weighted by atomic mass is 32.2. The van der Waals surface area contributed by atoms with Crippen LogP contribution in [-0.4, -0.2) is 34.2 Å². The van der Waals surface area contributed by atoms with E-state index in [2.05, 4.69) is 9.88 Å². The van der Waals surface area contributed by atoms with Crippen LogP contribution in [0.15, 0.2) is 46.1 Å². The van der Waals surface area contributed by atoms with Crippen molar-refractivity contribution in [1.29, 1.82) is 0 Å². The molecule has 0 fully saturated rings. The molecular weight excluding hydrogens is 278 g/mol. The van der Waals surface area contributed by atoms with Gasteiger partial charge in [0.1, 0.15) is 6.26 Å². The van der Waals surface area contributed by atoms with Crippen molar-refractivity contribution in [1.82, 2.24) is 9.88 Å². The second kappa shape index (κ2) is 6.06. The number of nitrogens with one attached hydrogen (secondary N) is 1. The molecule has 1 aromatic carbocycles. The lowest BCUT2D eigenvalue weighted by atomic mass is 10.3. The van der Waals surface area contributed by atoms with Gasteiger partial charge in [-0.05, 0) is 24.6 Å². The van der Waals surface area contributed by atoms with Gasteiger partial charge in [0.05, 0.1) is 11.1 Å². The van der Waals surface area contributed by atoms with Crippen molar-refractivity contribution >= 4 is 15.7 Å². The van der Waals surface area contributed by atoms with Gasteiger partial charge in [-0.3, -0.25) is 0 Å². The topological polar surface area (TPSA) is 75.4 Å². The Morgan fingerprint density at radius 1 is 1.35 bits per heavy atom. The maximum Gasteiger partial charge on any atom is 0.240 e. The Kier molecular flexibility index (Phi) is 4.41. The molecular formula is C13H17N3O3S. The minimum atomic E-state index is -3.50. The largest absolute Gasteiger partial charge is 0.378 e. The number of rotatable bonds is 6. The van der Waals surface area contributed by atoms with Crippen molar-refractivity contribution in [3.05, 3.63) is 42.3 Å². The van der Waals surface area contributed by atoms with Gasteiger partial charge in [0.2, 0.25) is 10.0 Å². The van der Waals surface area contributed by atoms with Crippen LogP contribution in [0.4, 0.5) is 5.69 Å². The molecule has 0 aliphatic heterocycles. The normalized spacial score (nSPS) is 11.5. The molecule has 0 bridgehead atoms. The number of nitrogens with zero attached hydrogens (tertiary/aromatic N) is 2. The van der Waals surface area contributed by atoms with E-state index in [-0.39, 0.29) is 4.90 Å². The van der Waals surface area contributed by atoms with E-state index in [1.54, 1.807) is 24.4 Å². The maximum atomic E-state index is 12.2. The van der Waals surface area contributed by atoms with E-state index >= 15 is 0 Å². The van der Waals surface area contributed by atoms with E-state index in [0.29, 0.717) is 13.0 Å². The molecule has 1 heterocycles. The Hall–Kier alpha value is -1.86. The molecule has 0 spiro atoms. The first kappa shape index (κ1) is 14.5. The summed E-state index contributed by atoms with van der Waals surface area (Å²) in [6.45, 7) is 0.301. The summed E-state index contributed by atoms with van der Waals surface area (Å²) in [5.74, 6) is 0. The number of aromatic nitrogens is 1. The molecule has 0 radical (unpaired) electrons. The van der Waals surface area contributed by atoms with Gasteiger partial charge in [0, 0.05) is 31.9 Å². The highest BCUT2D eigenvalue weighted by Gasteiger charge is 2.14. The summed E-state index contributed by atoms with van der Waals surface area (Å²) in [7, 11) is 0.235. The highest BCUT2D eigenvalue weighted by molar-refractivity contribution is 7.89. The Balaban J connectivity index is 2.04. The van der Waals surface area contributed by atoms with Crippen molar-refractivity contribution in [3.8, 4) is 0 Å². The maximum absolute atomic E-state index is 12.2. The first-order valence-electron chi connectivity index (χ1n) is 6.14. The van der Waals surface area contributed by atoms with Gasteiger partial charge in [0.25, 0.3) is 0 Å². The van der Waals surface area contributed by atoms with Crippen LogP contribution in [0.2, 0.25) is 0 Å². The zero-order chi connectivity index (χ0) is 14.6. The molecule has 0 saturated carbocycles. The number of anilines is 1. The first-order chi connectivity index (χ1) is 9.49. The standard InChI is InChI=1S/C13H17N3O3S/c1-16(2)12-4-3-5-13(8-12)20(17,18)15-7-6-11-9-14-19-10-11/h3-5,8-10,15H,6-7H2,1-2H3. The van der Waals surface area contributed by atoms with E-state index < -0.39 is 10.0 Å². The lowest BCUT2D eigenvalue weighted by molar-refractivity contribution is 0.419. The smallest absolute Gasteiger partial charge is 0.240 e. The monoisotopic (exact) mass is 295 g/mol. The van der Waals surface area contributed by atoms with Crippen LogP contribution in [0.25, 0.3) is 0 Å². The predicted molar refractivity (Wildman–Crippen MR) is 76.2 cm³/mol. The van der Waals surface area contributed by atoms with E-state index in [9.17, 15) is 8.42 Å². The van der Waals surface area contributed by atoms with Crippen LogP contribution in [0.5, 0.6) is 0 Å². The number of hydrogen-bond acceptors (Lipinski definition) is 5. The lowest BCUT2D eigenvalue weighted by Gasteiger charge is -2.14. The minimum absolute atomic E-state index is 0.258. The molecule has 108 valence electrons. The molecule has 6 nitrogen and oxygen atoms in total. The molecule has 20 heavy (non-hydrogen) atoms. The lowest BCUT2D eigenvalue weighted by Crippen LogP contribution is -2.26. The quantitative estimate of drug-likeness (QED) is 0.868. The van der Waals surface area contributed by atoms with Gasteiger partial charge in [-0.2, -0.15) is 0 Å². The molecule has 0 saturated heterocycles. The van der Waals surface area contributed by atoms with Crippen LogP contribution in [0.3, 0.4) is 0 Å². The average Bonchev–Trinajstić information content (AvgIpc) is 2.92. The van der Waals surface area contributed by atoms with E-state index in [0.717, 1.165) is 11.3 Å². The molecule has 0 atom stereocenters. The van der Waals surface area contributed by atoms with Gasteiger partial charge < -0.3 is 9.42 Å². The Morgan fingerprint density at radius 3 is 2.80 bits per heavy atom. The minimum Gasteiger partial charge on any atom is -0.378 e. The van der Waals surface area contributed by atoms with Gasteiger partial charge >= 0.3 is 0 Å². The zero-order valence-electron chi connectivity index (χ0n) is 11.4. The summed E-state index contributed by atoms with van der Waals surface area (Å²) in [6, 6.07) is 6.80. The Bertz CT molecular complexity index is 651. The number of benzene rings is 1. The molecule has 2 aromatic rings. The summed E-state index contributed by atoms with van der Waals surface area (Å²) < 4.78 is 31.6. The van der Waals surface area contributed by atoms with Crippen LogP contribution >= 0.6 is 0 Å². The van der Waals surface area contributed by atoms with E-state index in [4.69, 9.17) is 4.52 Å². The third-order valence-corrected chi connectivity index (χ3v) is 4.29. The number of hydrogen-bond donors (Lipinski definition) is 1. The molecule has 0 aliphatic carbocycles. The molecule has 0 amide bonds.